The van der Waals surface area contributed by atoms with Gasteiger partial charge < -0.3 is 15.2 Å². The van der Waals surface area contributed by atoms with E-state index in [1.165, 1.54) is 37.2 Å². The van der Waals surface area contributed by atoms with E-state index in [4.69, 9.17) is 4.74 Å². The van der Waals surface area contributed by atoms with Crippen molar-refractivity contribution in [3.8, 4) is 5.75 Å². The lowest BCUT2D eigenvalue weighted by Crippen LogP contribution is -2.40. The fourth-order valence-electron chi connectivity index (χ4n) is 3.71. The lowest BCUT2D eigenvalue weighted by atomic mass is 9.97. The van der Waals surface area contributed by atoms with E-state index in [0.29, 0.717) is 13.2 Å². The van der Waals surface area contributed by atoms with Crippen molar-refractivity contribution in [2.75, 3.05) is 44.3 Å². The Hall–Kier alpha value is -1.01. The molecule has 4 nitrogen and oxygen atoms in total. The molecule has 1 atom stereocenters. The third-order valence-electron chi connectivity index (χ3n) is 5.30. The molecule has 150 valence electrons. The Morgan fingerprint density at radius 1 is 1.19 bits per heavy atom. The van der Waals surface area contributed by atoms with Gasteiger partial charge in [0.15, 0.2) is 0 Å². The molecule has 27 heavy (non-hydrogen) atoms. The van der Waals surface area contributed by atoms with Gasteiger partial charge in [0.25, 0.3) is 0 Å². The third-order valence-corrected chi connectivity index (χ3v) is 6.24. The summed E-state index contributed by atoms with van der Waals surface area (Å²) in [5.41, 5.74) is 2.77. The van der Waals surface area contributed by atoms with Crippen LogP contribution in [0.4, 0.5) is 0 Å². The van der Waals surface area contributed by atoms with E-state index < -0.39 is 6.10 Å². The van der Waals surface area contributed by atoms with Crippen LogP contribution in [0.15, 0.2) is 35.9 Å². The summed E-state index contributed by atoms with van der Waals surface area (Å²) in [5, 5.41) is 13.9. The maximum atomic E-state index is 10.3. The number of allylic oxidation sites excluding steroid dienone is 1. The molecule has 5 heteroatoms. The van der Waals surface area contributed by atoms with Crippen molar-refractivity contribution in [1.29, 1.82) is 0 Å². The first-order valence-corrected chi connectivity index (χ1v) is 11.5. The van der Waals surface area contributed by atoms with Gasteiger partial charge in [0.2, 0.25) is 0 Å². The molecular formula is C22H34N2O2S. The summed E-state index contributed by atoms with van der Waals surface area (Å²) in [6.45, 7) is 5.01. The largest absolute Gasteiger partial charge is 0.491 e. The van der Waals surface area contributed by atoms with Gasteiger partial charge in [0.05, 0.1) is 0 Å². The zero-order valence-electron chi connectivity index (χ0n) is 16.4. The Bertz CT molecular complexity index is 587. The molecule has 1 aromatic rings. The molecule has 0 saturated carbocycles. The van der Waals surface area contributed by atoms with Crippen LogP contribution in [-0.4, -0.2) is 60.4 Å². The molecule has 0 unspecified atom stereocenters. The van der Waals surface area contributed by atoms with E-state index in [2.05, 4.69) is 28.4 Å². The predicted octanol–water partition coefficient (Wildman–Crippen LogP) is 3.46. The maximum Gasteiger partial charge on any atom is 0.123 e. The van der Waals surface area contributed by atoms with Crippen LogP contribution in [0.5, 0.6) is 5.75 Å². The Kier molecular flexibility index (Phi) is 9.01. The van der Waals surface area contributed by atoms with Gasteiger partial charge in [-0.05, 0) is 44.7 Å². The lowest BCUT2D eigenvalue weighted by molar-refractivity contribution is 0.0711. The number of nitrogens with one attached hydrogen (secondary N) is 1. The number of rotatable bonds is 10. The van der Waals surface area contributed by atoms with Gasteiger partial charge in [-0.3, -0.25) is 4.90 Å². The molecule has 0 aromatic heterocycles. The summed E-state index contributed by atoms with van der Waals surface area (Å²) >= 11 is 1.99. The number of ether oxygens (including phenoxy) is 1. The Morgan fingerprint density at radius 3 is 2.85 bits per heavy atom. The second kappa shape index (κ2) is 11.7. The minimum atomic E-state index is -0.438. The first-order chi connectivity index (χ1) is 13.3. The number of aliphatic hydroxyl groups excluding tert-OH is 1. The van der Waals surface area contributed by atoms with Crippen LogP contribution < -0.4 is 10.1 Å². The first kappa shape index (κ1) is 20.7. The van der Waals surface area contributed by atoms with E-state index in [0.717, 1.165) is 43.9 Å². The van der Waals surface area contributed by atoms with E-state index >= 15 is 0 Å². The summed E-state index contributed by atoms with van der Waals surface area (Å²) in [7, 11) is 0. The number of aliphatic hydroxyl groups is 1. The second-order valence-corrected chi connectivity index (χ2v) is 8.75. The average Bonchev–Trinajstić information content (AvgIpc) is 2.72. The monoisotopic (exact) mass is 390 g/mol. The van der Waals surface area contributed by atoms with Crippen LogP contribution in [0, 0.1) is 0 Å². The van der Waals surface area contributed by atoms with Crippen molar-refractivity contribution in [3.63, 3.8) is 0 Å². The normalized spacial score (nSPS) is 19.5. The molecule has 2 aliphatic rings. The molecule has 1 fully saturated rings. The van der Waals surface area contributed by atoms with E-state index in [1.807, 2.05) is 23.9 Å². The zero-order chi connectivity index (χ0) is 18.7. The van der Waals surface area contributed by atoms with Gasteiger partial charge in [-0.2, -0.15) is 11.8 Å². The van der Waals surface area contributed by atoms with Crippen LogP contribution in [0.3, 0.4) is 0 Å². The number of hydrogen-bond donors (Lipinski definition) is 2. The van der Waals surface area contributed by atoms with Crippen molar-refractivity contribution >= 4 is 11.8 Å². The molecular weight excluding hydrogens is 356 g/mol. The number of para-hydroxylation sites is 1. The summed E-state index contributed by atoms with van der Waals surface area (Å²) < 4.78 is 5.95. The molecule has 1 aromatic carbocycles. The van der Waals surface area contributed by atoms with Crippen LogP contribution in [0.25, 0.3) is 0 Å². The van der Waals surface area contributed by atoms with E-state index in [9.17, 15) is 5.11 Å². The Labute approximate surface area is 168 Å². The molecule has 1 heterocycles. The summed E-state index contributed by atoms with van der Waals surface area (Å²) in [4.78, 5) is 2.33. The fourth-order valence-corrected chi connectivity index (χ4v) is 4.69. The number of nitrogens with zero attached hydrogens (tertiary/aromatic N) is 1. The van der Waals surface area contributed by atoms with Crippen molar-refractivity contribution in [2.45, 2.75) is 44.8 Å². The topological polar surface area (TPSA) is 44.7 Å². The SMILES string of the molecule is O[C@@H](COc1ccccc1CNCCC1=CCCCC1)CN1CCSCC1. The van der Waals surface area contributed by atoms with Crippen molar-refractivity contribution in [3.05, 3.63) is 41.5 Å². The zero-order valence-corrected chi connectivity index (χ0v) is 17.2. The fraction of sp³-hybridized carbons (Fsp3) is 0.636. The smallest absolute Gasteiger partial charge is 0.123 e. The number of β-amino-alcohol motifs (C(OH)–C–C–N with tert-alkyl or cyclic N) is 1. The minimum absolute atomic E-state index is 0.355. The number of hydrogen-bond acceptors (Lipinski definition) is 5. The minimum Gasteiger partial charge on any atom is -0.491 e. The van der Waals surface area contributed by atoms with Crippen LogP contribution in [0.1, 0.15) is 37.7 Å². The number of thioether (sulfide) groups is 1. The van der Waals surface area contributed by atoms with Gasteiger partial charge >= 0.3 is 0 Å². The average molecular weight is 391 g/mol. The highest BCUT2D eigenvalue weighted by molar-refractivity contribution is 7.99. The predicted molar refractivity (Wildman–Crippen MR) is 115 cm³/mol. The van der Waals surface area contributed by atoms with Crippen molar-refractivity contribution in [2.24, 2.45) is 0 Å². The molecule has 0 bridgehead atoms. The Morgan fingerprint density at radius 2 is 2.04 bits per heavy atom. The summed E-state index contributed by atoms with van der Waals surface area (Å²) in [5.74, 6) is 3.22. The quantitative estimate of drug-likeness (QED) is 0.473. The van der Waals surface area contributed by atoms with Gasteiger partial charge in [0.1, 0.15) is 18.5 Å². The van der Waals surface area contributed by atoms with Crippen molar-refractivity contribution < 1.29 is 9.84 Å². The highest BCUT2D eigenvalue weighted by Gasteiger charge is 2.15. The molecule has 2 N–H and O–H groups in total. The highest BCUT2D eigenvalue weighted by atomic mass is 32.2. The molecule has 0 radical (unpaired) electrons. The molecule has 3 rings (SSSR count). The summed E-state index contributed by atoms with van der Waals surface area (Å²) in [6, 6.07) is 8.16. The van der Waals surface area contributed by atoms with Gasteiger partial charge in [0, 0.05) is 43.2 Å². The van der Waals surface area contributed by atoms with Crippen LogP contribution in [0.2, 0.25) is 0 Å². The second-order valence-electron chi connectivity index (χ2n) is 7.52. The first-order valence-electron chi connectivity index (χ1n) is 10.4. The Balaban J connectivity index is 1.39. The molecule has 1 saturated heterocycles. The van der Waals surface area contributed by atoms with Crippen molar-refractivity contribution in [1.82, 2.24) is 10.2 Å². The highest BCUT2D eigenvalue weighted by Crippen LogP contribution is 2.20. The standard InChI is InChI=1S/C22H34N2O2S/c25-21(17-24-12-14-27-15-13-24)18-26-22-9-5-4-8-20(22)16-23-11-10-19-6-2-1-3-7-19/h4-6,8-9,21,23,25H,1-3,7,10-18H2/t21-/m1/s1. The van der Waals surface area contributed by atoms with E-state index in [-0.39, 0.29) is 0 Å². The van der Waals surface area contributed by atoms with Gasteiger partial charge in [-0.25, -0.2) is 0 Å². The maximum absolute atomic E-state index is 10.3. The van der Waals surface area contributed by atoms with Gasteiger partial charge in [-0.1, -0.05) is 29.8 Å². The lowest BCUT2D eigenvalue weighted by Gasteiger charge is -2.28. The third kappa shape index (κ3) is 7.49. The summed E-state index contributed by atoms with van der Waals surface area (Å²) in [6.07, 6.45) is 8.36. The van der Waals surface area contributed by atoms with Gasteiger partial charge in [-0.15, -0.1) is 0 Å². The van der Waals surface area contributed by atoms with Crippen LogP contribution >= 0.6 is 11.8 Å². The molecule has 0 spiro atoms. The molecule has 1 aliphatic heterocycles. The van der Waals surface area contributed by atoms with E-state index in [1.54, 1.807) is 5.57 Å². The molecule has 0 amide bonds. The van der Waals surface area contributed by atoms with Crippen LogP contribution in [-0.2, 0) is 6.54 Å². The molecule has 1 aliphatic carbocycles. The number of benzene rings is 1.